The molecule has 0 amide bonds. The molecule has 0 bridgehead atoms. The second-order valence-electron chi connectivity index (χ2n) is 5.86. The predicted molar refractivity (Wildman–Crippen MR) is 80.0 cm³/mol. The van der Waals surface area contributed by atoms with E-state index in [0.29, 0.717) is 18.6 Å². The third-order valence-electron chi connectivity index (χ3n) is 3.50. The molecule has 0 saturated carbocycles. The Balaban J connectivity index is 1.81. The largest absolute Gasteiger partial charge is 0.383 e. The summed E-state index contributed by atoms with van der Waals surface area (Å²) in [6.07, 6.45) is 6.39. The second kappa shape index (κ2) is 7.43. The monoisotopic (exact) mass is 279 g/mol. The van der Waals surface area contributed by atoms with E-state index in [1.54, 1.807) is 12.3 Å². The second-order valence-corrected chi connectivity index (χ2v) is 5.86. The summed E-state index contributed by atoms with van der Waals surface area (Å²) in [7, 11) is 0. The summed E-state index contributed by atoms with van der Waals surface area (Å²) >= 11 is 0. The molecule has 20 heavy (non-hydrogen) atoms. The molecule has 1 atom stereocenters. The molecule has 1 aromatic heterocycles. The van der Waals surface area contributed by atoms with E-state index in [1.807, 2.05) is 0 Å². The summed E-state index contributed by atoms with van der Waals surface area (Å²) in [5.74, 6) is 0.545. The number of nitrogens with one attached hydrogen (secondary N) is 1. The Kier molecular flexibility index (Phi) is 5.59. The summed E-state index contributed by atoms with van der Waals surface area (Å²) in [6.45, 7) is 6.67. The summed E-state index contributed by atoms with van der Waals surface area (Å²) in [5, 5.41) is 7.44. The number of aryl methyl sites for hydroxylation is 1. The van der Waals surface area contributed by atoms with Crippen LogP contribution in [-0.2, 0) is 11.3 Å². The van der Waals surface area contributed by atoms with Crippen LogP contribution >= 0.6 is 0 Å². The Morgan fingerprint density at radius 2 is 2.40 bits per heavy atom. The van der Waals surface area contributed by atoms with Crippen LogP contribution in [0.1, 0.15) is 39.5 Å². The van der Waals surface area contributed by atoms with E-state index < -0.39 is 0 Å². The van der Waals surface area contributed by atoms with Gasteiger partial charge in [0.05, 0.1) is 18.0 Å². The fraction of sp³-hybridized carbons (Fsp3) is 0.733. The molecule has 1 unspecified atom stereocenters. The first-order valence-electron chi connectivity index (χ1n) is 7.58. The topological polar surface area (TPSA) is 56.1 Å². The van der Waals surface area contributed by atoms with Crippen LogP contribution in [0.25, 0.3) is 0 Å². The number of hydrogen-bond donors (Lipinski definition) is 1. The maximum absolute atomic E-state index is 11.9. The van der Waals surface area contributed by atoms with Crippen molar-refractivity contribution in [1.82, 2.24) is 9.78 Å². The maximum atomic E-state index is 11.9. The average Bonchev–Trinajstić information content (AvgIpc) is 2.92. The minimum Gasteiger partial charge on any atom is -0.383 e. The fourth-order valence-electron chi connectivity index (χ4n) is 2.36. The summed E-state index contributed by atoms with van der Waals surface area (Å²) in [6, 6.07) is 1.63. The minimum absolute atomic E-state index is 0.0360. The number of rotatable bonds is 7. The molecule has 0 aliphatic carbocycles. The number of nitrogens with zero attached hydrogens (tertiary/aromatic N) is 2. The molecule has 112 valence electrons. The van der Waals surface area contributed by atoms with Crippen LogP contribution in [-0.4, -0.2) is 29.0 Å². The normalized spacial score (nSPS) is 18.6. The molecule has 5 heteroatoms. The summed E-state index contributed by atoms with van der Waals surface area (Å²) < 4.78 is 7.11. The van der Waals surface area contributed by atoms with E-state index in [-0.39, 0.29) is 5.56 Å². The first-order chi connectivity index (χ1) is 9.65. The molecular weight excluding hydrogens is 254 g/mol. The van der Waals surface area contributed by atoms with E-state index in [4.69, 9.17) is 4.74 Å². The lowest BCUT2D eigenvalue weighted by atomic mass is 10.1. The van der Waals surface area contributed by atoms with Crippen LogP contribution in [0.15, 0.2) is 17.1 Å². The molecule has 0 aromatic carbocycles. The maximum Gasteiger partial charge on any atom is 0.268 e. The van der Waals surface area contributed by atoms with Crippen LogP contribution in [0.3, 0.4) is 0 Å². The van der Waals surface area contributed by atoms with Gasteiger partial charge in [-0.1, -0.05) is 13.8 Å². The Hall–Kier alpha value is -1.36. The molecule has 5 nitrogen and oxygen atoms in total. The van der Waals surface area contributed by atoms with Crippen LogP contribution in [0.5, 0.6) is 0 Å². The highest BCUT2D eigenvalue weighted by atomic mass is 16.5. The Morgan fingerprint density at radius 3 is 3.05 bits per heavy atom. The van der Waals surface area contributed by atoms with Crippen molar-refractivity contribution in [3.63, 3.8) is 0 Å². The van der Waals surface area contributed by atoms with Gasteiger partial charge in [0.2, 0.25) is 0 Å². The molecule has 1 aliphatic heterocycles. The van der Waals surface area contributed by atoms with Gasteiger partial charge in [0, 0.05) is 25.8 Å². The number of ether oxygens (including phenoxy) is 1. The van der Waals surface area contributed by atoms with Gasteiger partial charge in [-0.3, -0.25) is 4.79 Å². The van der Waals surface area contributed by atoms with Gasteiger partial charge in [-0.25, -0.2) is 4.68 Å². The van der Waals surface area contributed by atoms with Gasteiger partial charge >= 0.3 is 0 Å². The molecular formula is C15H25N3O2. The van der Waals surface area contributed by atoms with Crippen molar-refractivity contribution in [2.24, 2.45) is 5.92 Å². The quantitative estimate of drug-likeness (QED) is 0.832. The van der Waals surface area contributed by atoms with Crippen molar-refractivity contribution in [3.8, 4) is 0 Å². The molecule has 0 spiro atoms. The number of anilines is 1. The zero-order valence-corrected chi connectivity index (χ0v) is 12.5. The Bertz CT molecular complexity index is 464. The molecule has 2 heterocycles. The van der Waals surface area contributed by atoms with Crippen molar-refractivity contribution in [2.75, 3.05) is 18.5 Å². The predicted octanol–water partition coefficient (Wildman–Crippen LogP) is 2.27. The third-order valence-corrected chi connectivity index (χ3v) is 3.50. The molecule has 2 rings (SSSR count). The molecule has 1 fully saturated rings. The third kappa shape index (κ3) is 4.63. The van der Waals surface area contributed by atoms with Crippen molar-refractivity contribution in [1.29, 1.82) is 0 Å². The summed E-state index contributed by atoms with van der Waals surface area (Å²) in [5.41, 5.74) is 0.769. The highest BCUT2D eigenvalue weighted by molar-refractivity contribution is 5.38. The molecule has 1 N–H and O–H groups in total. The molecule has 1 aliphatic rings. The smallest absolute Gasteiger partial charge is 0.268 e. The van der Waals surface area contributed by atoms with Gasteiger partial charge in [-0.15, -0.1) is 0 Å². The van der Waals surface area contributed by atoms with E-state index in [1.165, 1.54) is 11.1 Å². The Labute approximate surface area is 120 Å². The SMILES string of the molecule is CC(C)CNc1cnn(CCCC2CCCO2)c(=O)c1. The number of aromatic nitrogens is 2. The Morgan fingerprint density at radius 1 is 1.55 bits per heavy atom. The van der Waals surface area contributed by atoms with Gasteiger partial charge in [0.1, 0.15) is 0 Å². The van der Waals surface area contributed by atoms with Crippen molar-refractivity contribution in [3.05, 3.63) is 22.6 Å². The van der Waals surface area contributed by atoms with E-state index in [9.17, 15) is 4.79 Å². The van der Waals surface area contributed by atoms with Gasteiger partial charge in [0.25, 0.3) is 5.56 Å². The van der Waals surface area contributed by atoms with Crippen molar-refractivity contribution < 1.29 is 4.74 Å². The highest BCUT2D eigenvalue weighted by Gasteiger charge is 2.14. The van der Waals surface area contributed by atoms with Crippen LogP contribution in [0, 0.1) is 5.92 Å². The van der Waals surface area contributed by atoms with E-state index in [2.05, 4.69) is 24.3 Å². The van der Waals surface area contributed by atoms with E-state index >= 15 is 0 Å². The molecule has 0 radical (unpaired) electrons. The van der Waals surface area contributed by atoms with Crippen molar-refractivity contribution in [2.45, 2.75) is 52.2 Å². The minimum atomic E-state index is -0.0360. The summed E-state index contributed by atoms with van der Waals surface area (Å²) in [4.78, 5) is 11.9. The number of hydrogen-bond acceptors (Lipinski definition) is 4. The first-order valence-corrected chi connectivity index (χ1v) is 7.58. The zero-order valence-electron chi connectivity index (χ0n) is 12.5. The average molecular weight is 279 g/mol. The van der Waals surface area contributed by atoms with E-state index in [0.717, 1.165) is 38.1 Å². The van der Waals surface area contributed by atoms with Gasteiger partial charge in [-0.2, -0.15) is 5.10 Å². The van der Waals surface area contributed by atoms with Crippen LogP contribution in [0.4, 0.5) is 5.69 Å². The highest BCUT2D eigenvalue weighted by Crippen LogP contribution is 2.16. The standard InChI is InChI=1S/C15H25N3O2/c1-12(2)10-16-13-9-15(19)18(17-11-13)7-3-5-14-6-4-8-20-14/h9,11-12,14,16H,3-8,10H2,1-2H3. The van der Waals surface area contributed by atoms with Crippen LogP contribution < -0.4 is 10.9 Å². The first kappa shape index (κ1) is 15.0. The van der Waals surface area contributed by atoms with Crippen LogP contribution in [0.2, 0.25) is 0 Å². The fourth-order valence-corrected chi connectivity index (χ4v) is 2.36. The lowest BCUT2D eigenvalue weighted by molar-refractivity contribution is 0.101. The lowest BCUT2D eigenvalue weighted by Gasteiger charge is -2.11. The van der Waals surface area contributed by atoms with Gasteiger partial charge < -0.3 is 10.1 Å². The van der Waals surface area contributed by atoms with Gasteiger partial charge in [-0.05, 0) is 31.6 Å². The lowest BCUT2D eigenvalue weighted by Crippen LogP contribution is -2.23. The zero-order chi connectivity index (χ0) is 14.4. The molecule has 1 aromatic rings. The van der Waals surface area contributed by atoms with Crippen molar-refractivity contribution >= 4 is 5.69 Å². The molecule has 1 saturated heterocycles. The van der Waals surface area contributed by atoms with Gasteiger partial charge in [0.15, 0.2) is 0 Å².